The standard InChI is InChI=1S/C13H15N3O2S/c1-2-16-8-9(5-6-11(16)17)15-13(18)12(14)10-4-3-7-19-10/h3-8,12H,2,14H2,1H3,(H,15,18). The van der Waals surface area contributed by atoms with Gasteiger partial charge in [-0.05, 0) is 24.4 Å². The number of anilines is 1. The summed E-state index contributed by atoms with van der Waals surface area (Å²) in [6.45, 7) is 2.42. The lowest BCUT2D eigenvalue weighted by molar-refractivity contribution is -0.117. The summed E-state index contributed by atoms with van der Waals surface area (Å²) < 4.78 is 1.52. The minimum atomic E-state index is -0.693. The van der Waals surface area contributed by atoms with Crippen LogP contribution < -0.4 is 16.6 Å². The van der Waals surface area contributed by atoms with Gasteiger partial charge in [-0.25, -0.2) is 0 Å². The Hall–Kier alpha value is -1.92. The van der Waals surface area contributed by atoms with Gasteiger partial charge >= 0.3 is 0 Å². The van der Waals surface area contributed by atoms with Crippen molar-refractivity contribution < 1.29 is 4.79 Å². The maximum Gasteiger partial charge on any atom is 0.250 e. The third-order valence-corrected chi connectivity index (χ3v) is 3.68. The molecule has 1 atom stereocenters. The number of rotatable bonds is 4. The van der Waals surface area contributed by atoms with Crippen LogP contribution in [0.2, 0.25) is 0 Å². The minimum Gasteiger partial charge on any atom is -0.323 e. The minimum absolute atomic E-state index is 0.0944. The number of aryl methyl sites for hydroxylation is 1. The molecule has 0 saturated carbocycles. The summed E-state index contributed by atoms with van der Waals surface area (Å²) in [5.74, 6) is -0.288. The first-order valence-electron chi connectivity index (χ1n) is 5.92. The van der Waals surface area contributed by atoms with Gasteiger partial charge in [0.05, 0.1) is 5.69 Å². The van der Waals surface area contributed by atoms with Crippen molar-refractivity contribution >= 4 is 22.9 Å². The number of nitrogens with one attached hydrogen (secondary N) is 1. The normalized spacial score (nSPS) is 12.1. The van der Waals surface area contributed by atoms with E-state index in [0.717, 1.165) is 4.88 Å². The van der Waals surface area contributed by atoms with E-state index in [1.54, 1.807) is 12.3 Å². The Labute approximate surface area is 114 Å². The number of hydrogen-bond donors (Lipinski definition) is 2. The molecule has 0 saturated heterocycles. The first kappa shape index (κ1) is 13.5. The molecule has 0 spiro atoms. The molecular weight excluding hydrogens is 262 g/mol. The van der Waals surface area contributed by atoms with Crippen molar-refractivity contribution in [1.82, 2.24) is 4.57 Å². The molecule has 6 heteroatoms. The molecule has 0 bridgehead atoms. The molecule has 2 aromatic heterocycles. The number of nitrogens with two attached hydrogens (primary N) is 1. The van der Waals surface area contributed by atoms with Crippen LogP contribution in [0.25, 0.3) is 0 Å². The average molecular weight is 277 g/mol. The van der Waals surface area contributed by atoms with E-state index in [9.17, 15) is 9.59 Å². The van der Waals surface area contributed by atoms with Gasteiger partial charge in [0.25, 0.3) is 5.56 Å². The zero-order valence-corrected chi connectivity index (χ0v) is 11.3. The largest absolute Gasteiger partial charge is 0.323 e. The molecular formula is C13H15N3O2S. The third kappa shape index (κ3) is 3.10. The topological polar surface area (TPSA) is 77.1 Å². The van der Waals surface area contributed by atoms with Crippen LogP contribution in [0.1, 0.15) is 17.8 Å². The third-order valence-electron chi connectivity index (χ3n) is 2.72. The number of carbonyl (C=O) groups excluding carboxylic acids is 1. The summed E-state index contributed by atoms with van der Waals surface area (Å²) in [5, 5.41) is 4.59. The van der Waals surface area contributed by atoms with Gasteiger partial charge in [0, 0.05) is 23.7 Å². The van der Waals surface area contributed by atoms with E-state index >= 15 is 0 Å². The van der Waals surface area contributed by atoms with Crippen molar-refractivity contribution in [3.8, 4) is 0 Å². The molecule has 0 aliphatic heterocycles. The van der Waals surface area contributed by atoms with Crippen molar-refractivity contribution in [3.63, 3.8) is 0 Å². The van der Waals surface area contributed by atoms with Gasteiger partial charge in [0.1, 0.15) is 6.04 Å². The summed E-state index contributed by atoms with van der Waals surface area (Å²) in [7, 11) is 0. The molecule has 0 aliphatic rings. The van der Waals surface area contributed by atoms with E-state index in [-0.39, 0.29) is 11.5 Å². The Morgan fingerprint density at radius 2 is 2.26 bits per heavy atom. The highest BCUT2D eigenvalue weighted by atomic mass is 32.1. The van der Waals surface area contributed by atoms with Gasteiger partial charge in [-0.2, -0.15) is 0 Å². The molecule has 0 radical (unpaired) electrons. The Morgan fingerprint density at radius 3 is 2.89 bits per heavy atom. The second kappa shape index (κ2) is 5.81. The number of carbonyl (C=O) groups is 1. The predicted molar refractivity (Wildman–Crippen MR) is 76.3 cm³/mol. The van der Waals surface area contributed by atoms with Gasteiger partial charge in [0.2, 0.25) is 5.91 Å². The zero-order chi connectivity index (χ0) is 13.8. The second-order valence-electron chi connectivity index (χ2n) is 4.02. The van der Waals surface area contributed by atoms with Crippen LogP contribution in [-0.2, 0) is 11.3 Å². The van der Waals surface area contributed by atoms with Crippen molar-refractivity contribution in [1.29, 1.82) is 0 Å². The number of amides is 1. The lowest BCUT2D eigenvalue weighted by atomic mass is 10.2. The average Bonchev–Trinajstić information content (AvgIpc) is 2.94. The zero-order valence-electron chi connectivity index (χ0n) is 10.5. The summed E-state index contributed by atoms with van der Waals surface area (Å²) in [6, 6.07) is 5.98. The van der Waals surface area contributed by atoms with Crippen LogP contribution in [0.4, 0.5) is 5.69 Å². The molecule has 1 amide bonds. The number of hydrogen-bond acceptors (Lipinski definition) is 4. The van der Waals surface area contributed by atoms with Crippen LogP contribution in [-0.4, -0.2) is 10.5 Å². The van der Waals surface area contributed by atoms with Crippen molar-refractivity contribution in [2.24, 2.45) is 5.73 Å². The molecule has 100 valence electrons. The monoisotopic (exact) mass is 277 g/mol. The fourth-order valence-corrected chi connectivity index (χ4v) is 2.39. The smallest absolute Gasteiger partial charge is 0.250 e. The Morgan fingerprint density at radius 1 is 1.47 bits per heavy atom. The van der Waals surface area contributed by atoms with E-state index in [2.05, 4.69) is 5.32 Å². The molecule has 3 N–H and O–H groups in total. The number of nitrogens with zero attached hydrogens (tertiary/aromatic N) is 1. The lowest BCUT2D eigenvalue weighted by Crippen LogP contribution is -2.28. The Bertz CT molecular complexity index is 619. The molecule has 2 aromatic rings. The lowest BCUT2D eigenvalue weighted by Gasteiger charge is -2.11. The van der Waals surface area contributed by atoms with Crippen molar-refractivity contribution in [2.75, 3.05) is 5.32 Å². The Kier molecular flexibility index (Phi) is 4.13. The predicted octanol–water partition coefficient (Wildman–Crippen LogP) is 1.57. The highest BCUT2D eigenvalue weighted by molar-refractivity contribution is 7.10. The fraction of sp³-hybridized carbons (Fsp3) is 0.231. The fourth-order valence-electron chi connectivity index (χ4n) is 1.67. The number of thiophene rings is 1. The molecule has 19 heavy (non-hydrogen) atoms. The molecule has 0 fully saturated rings. The summed E-state index contributed by atoms with van der Waals surface area (Å²) >= 11 is 1.44. The van der Waals surface area contributed by atoms with Gasteiger partial charge in [-0.3, -0.25) is 9.59 Å². The SMILES string of the molecule is CCn1cc(NC(=O)C(N)c2cccs2)ccc1=O. The van der Waals surface area contributed by atoms with Crippen LogP contribution in [0, 0.1) is 0 Å². The van der Waals surface area contributed by atoms with Crippen LogP contribution in [0.5, 0.6) is 0 Å². The van der Waals surface area contributed by atoms with Crippen LogP contribution in [0.3, 0.4) is 0 Å². The first-order valence-corrected chi connectivity index (χ1v) is 6.80. The number of pyridine rings is 1. The van der Waals surface area contributed by atoms with Crippen molar-refractivity contribution in [2.45, 2.75) is 19.5 Å². The van der Waals surface area contributed by atoms with Crippen LogP contribution in [0.15, 0.2) is 40.6 Å². The molecule has 0 aliphatic carbocycles. The van der Waals surface area contributed by atoms with Crippen molar-refractivity contribution in [3.05, 3.63) is 51.1 Å². The molecule has 1 unspecified atom stereocenters. The molecule has 2 heterocycles. The van der Waals surface area contributed by atoms with Crippen LogP contribution >= 0.6 is 11.3 Å². The highest BCUT2D eigenvalue weighted by Crippen LogP contribution is 2.18. The quantitative estimate of drug-likeness (QED) is 0.890. The van der Waals surface area contributed by atoms with E-state index in [1.807, 2.05) is 24.4 Å². The first-order chi connectivity index (χ1) is 9.11. The molecule has 5 nitrogen and oxygen atoms in total. The maximum atomic E-state index is 12.0. The van der Waals surface area contributed by atoms with E-state index in [1.165, 1.54) is 22.0 Å². The van der Waals surface area contributed by atoms with E-state index in [0.29, 0.717) is 12.2 Å². The van der Waals surface area contributed by atoms with E-state index < -0.39 is 6.04 Å². The summed E-state index contributed by atoms with van der Waals surface area (Å²) in [4.78, 5) is 24.2. The Balaban J connectivity index is 2.13. The number of aromatic nitrogens is 1. The van der Waals surface area contributed by atoms with Gasteiger partial charge in [0.15, 0.2) is 0 Å². The molecule has 2 rings (SSSR count). The van der Waals surface area contributed by atoms with Gasteiger partial charge in [-0.1, -0.05) is 6.07 Å². The van der Waals surface area contributed by atoms with Gasteiger partial charge in [-0.15, -0.1) is 11.3 Å². The highest BCUT2D eigenvalue weighted by Gasteiger charge is 2.16. The van der Waals surface area contributed by atoms with E-state index in [4.69, 9.17) is 5.73 Å². The van der Waals surface area contributed by atoms with Gasteiger partial charge < -0.3 is 15.6 Å². The molecule has 0 aromatic carbocycles. The second-order valence-corrected chi connectivity index (χ2v) is 5.00. The maximum absolute atomic E-state index is 12.0. The summed E-state index contributed by atoms with van der Waals surface area (Å²) in [6.07, 6.45) is 1.61. The summed E-state index contributed by atoms with van der Waals surface area (Å²) in [5.41, 5.74) is 6.33.